The summed E-state index contributed by atoms with van der Waals surface area (Å²) in [5.41, 5.74) is 4.61. The maximum Gasteiger partial charge on any atom is 0.227 e. The standard InChI is InChI=1S/C29H32N2O2/c1-22-9-8-14-25(17-22)26-19-27(29(33)30-16-15-23-10-4-2-5-11-23)21-31(20-26)28(32)18-24-12-6-3-7-13-24/h2-14,17,26-27H,15-16,18-21H2,1H3,(H,30,33). The molecule has 1 heterocycles. The maximum absolute atomic E-state index is 13.2. The minimum absolute atomic E-state index is 0.0424. The largest absolute Gasteiger partial charge is 0.355 e. The number of nitrogens with zero attached hydrogens (tertiary/aromatic N) is 1. The molecule has 1 aliphatic heterocycles. The molecular weight excluding hydrogens is 408 g/mol. The van der Waals surface area contributed by atoms with Crippen LogP contribution in [0.4, 0.5) is 0 Å². The molecule has 0 aliphatic carbocycles. The zero-order valence-electron chi connectivity index (χ0n) is 19.2. The molecule has 3 aromatic rings. The second kappa shape index (κ2) is 11.0. The summed E-state index contributed by atoms with van der Waals surface area (Å²) in [4.78, 5) is 28.2. The molecule has 4 nitrogen and oxygen atoms in total. The third kappa shape index (κ3) is 6.32. The molecule has 170 valence electrons. The molecule has 0 saturated carbocycles. The first-order valence-corrected chi connectivity index (χ1v) is 11.8. The van der Waals surface area contributed by atoms with E-state index in [4.69, 9.17) is 0 Å². The molecule has 0 radical (unpaired) electrons. The van der Waals surface area contributed by atoms with E-state index in [-0.39, 0.29) is 23.7 Å². The lowest BCUT2D eigenvalue weighted by Gasteiger charge is -2.37. The Balaban J connectivity index is 1.45. The molecule has 0 spiro atoms. The summed E-state index contributed by atoms with van der Waals surface area (Å²) in [6.07, 6.45) is 1.93. The molecule has 2 amide bonds. The molecule has 1 N–H and O–H groups in total. The Kier molecular flexibility index (Phi) is 7.56. The zero-order chi connectivity index (χ0) is 23.0. The molecule has 1 fully saturated rings. The van der Waals surface area contributed by atoms with Crippen molar-refractivity contribution in [1.29, 1.82) is 0 Å². The molecule has 3 aromatic carbocycles. The summed E-state index contributed by atoms with van der Waals surface area (Å²) in [5, 5.41) is 3.12. The van der Waals surface area contributed by atoms with Crippen LogP contribution in [0.2, 0.25) is 0 Å². The van der Waals surface area contributed by atoms with Crippen LogP contribution >= 0.6 is 0 Å². The third-order valence-corrected chi connectivity index (χ3v) is 6.44. The van der Waals surface area contributed by atoms with Gasteiger partial charge in [-0.3, -0.25) is 9.59 Å². The van der Waals surface area contributed by atoms with Crippen LogP contribution < -0.4 is 5.32 Å². The highest BCUT2D eigenvalue weighted by Gasteiger charge is 2.34. The lowest BCUT2D eigenvalue weighted by molar-refractivity contribution is -0.135. The minimum Gasteiger partial charge on any atom is -0.355 e. The molecule has 1 saturated heterocycles. The normalized spacial score (nSPS) is 18.0. The van der Waals surface area contributed by atoms with E-state index in [9.17, 15) is 9.59 Å². The molecular formula is C29H32N2O2. The van der Waals surface area contributed by atoms with E-state index in [1.807, 2.05) is 53.4 Å². The first-order valence-electron chi connectivity index (χ1n) is 11.8. The lowest BCUT2D eigenvalue weighted by Crippen LogP contribution is -2.48. The summed E-state index contributed by atoms with van der Waals surface area (Å²) in [6, 6.07) is 28.4. The second-order valence-electron chi connectivity index (χ2n) is 9.03. The average molecular weight is 441 g/mol. The monoisotopic (exact) mass is 440 g/mol. The Labute approximate surface area is 196 Å². The predicted molar refractivity (Wildman–Crippen MR) is 132 cm³/mol. The van der Waals surface area contributed by atoms with Crippen molar-refractivity contribution in [2.75, 3.05) is 19.6 Å². The van der Waals surface area contributed by atoms with Gasteiger partial charge in [0.15, 0.2) is 0 Å². The van der Waals surface area contributed by atoms with Crippen LogP contribution in [0.1, 0.15) is 34.6 Å². The number of hydrogen-bond donors (Lipinski definition) is 1. The van der Waals surface area contributed by atoms with Crippen molar-refractivity contribution in [2.45, 2.75) is 32.1 Å². The SMILES string of the molecule is Cc1cccc(C2CC(C(=O)NCCc3ccccc3)CN(C(=O)Cc3ccccc3)C2)c1. The van der Waals surface area contributed by atoms with Crippen LogP contribution in [0.5, 0.6) is 0 Å². The van der Waals surface area contributed by atoms with E-state index in [1.54, 1.807) is 0 Å². The quantitative estimate of drug-likeness (QED) is 0.587. The van der Waals surface area contributed by atoms with Crippen molar-refractivity contribution in [3.8, 4) is 0 Å². The van der Waals surface area contributed by atoms with Crippen molar-refractivity contribution < 1.29 is 9.59 Å². The fraction of sp³-hybridized carbons (Fsp3) is 0.310. The fourth-order valence-electron chi connectivity index (χ4n) is 4.66. The van der Waals surface area contributed by atoms with E-state index in [1.165, 1.54) is 16.7 Å². The second-order valence-corrected chi connectivity index (χ2v) is 9.03. The number of rotatable bonds is 7. The molecule has 0 aromatic heterocycles. The smallest absolute Gasteiger partial charge is 0.227 e. The maximum atomic E-state index is 13.2. The van der Waals surface area contributed by atoms with Crippen LogP contribution in [-0.4, -0.2) is 36.3 Å². The number of benzene rings is 3. The number of amides is 2. The summed E-state index contributed by atoms with van der Waals surface area (Å²) in [7, 11) is 0. The van der Waals surface area contributed by atoms with Crippen LogP contribution in [-0.2, 0) is 22.4 Å². The van der Waals surface area contributed by atoms with Gasteiger partial charge in [0.1, 0.15) is 0 Å². The Morgan fingerprint density at radius 3 is 2.27 bits per heavy atom. The van der Waals surface area contributed by atoms with Gasteiger partial charge in [-0.05, 0) is 36.5 Å². The Bertz CT molecular complexity index is 1070. The average Bonchev–Trinajstić information content (AvgIpc) is 2.85. The Hall–Kier alpha value is -3.40. The van der Waals surface area contributed by atoms with Gasteiger partial charge in [-0.25, -0.2) is 0 Å². The number of hydrogen-bond acceptors (Lipinski definition) is 2. The molecule has 4 rings (SSSR count). The van der Waals surface area contributed by atoms with Gasteiger partial charge in [0.2, 0.25) is 11.8 Å². The van der Waals surface area contributed by atoms with Crippen molar-refractivity contribution in [3.05, 3.63) is 107 Å². The molecule has 1 aliphatic rings. The molecule has 4 heteroatoms. The van der Waals surface area contributed by atoms with Crippen LogP contribution in [0.3, 0.4) is 0 Å². The van der Waals surface area contributed by atoms with Gasteiger partial charge >= 0.3 is 0 Å². The highest BCUT2D eigenvalue weighted by Crippen LogP contribution is 2.31. The van der Waals surface area contributed by atoms with E-state index in [2.05, 4.69) is 48.6 Å². The highest BCUT2D eigenvalue weighted by atomic mass is 16.2. The fourth-order valence-corrected chi connectivity index (χ4v) is 4.66. The van der Waals surface area contributed by atoms with Crippen LogP contribution in [0.25, 0.3) is 0 Å². The topological polar surface area (TPSA) is 49.4 Å². The number of likely N-dealkylation sites (tertiary alicyclic amines) is 1. The van der Waals surface area contributed by atoms with Gasteiger partial charge in [-0.1, -0.05) is 90.5 Å². The first kappa shape index (κ1) is 22.8. The van der Waals surface area contributed by atoms with E-state index < -0.39 is 0 Å². The lowest BCUT2D eigenvalue weighted by atomic mass is 9.83. The predicted octanol–water partition coefficient (Wildman–Crippen LogP) is 4.53. The molecule has 2 unspecified atom stereocenters. The van der Waals surface area contributed by atoms with Gasteiger partial charge in [0.25, 0.3) is 0 Å². The van der Waals surface area contributed by atoms with Crippen LogP contribution in [0, 0.1) is 12.8 Å². The van der Waals surface area contributed by atoms with Gasteiger partial charge in [-0.2, -0.15) is 0 Å². The number of carbonyl (C=O) groups excluding carboxylic acids is 2. The number of aryl methyl sites for hydroxylation is 1. The number of piperidine rings is 1. The van der Waals surface area contributed by atoms with Gasteiger partial charge in [0.05, 0.1) is 12.3 Å². The van der Waals surface area contributed by atoms with Gasteiger partial charge < -0.3 is 10.2 Å². The first-order chi connectivity index (χ1) is 16.1. The summed E-state index contributed by atoms with van der Waals surface area (Å²) < 4.78 is 0. The highest BCUT2D eigenvalue weighted by molar-refractivity contribution is 5.82. The van der Waals surface area contributed by atoms with Crippen molar-refractivity contribution in [3.63, 3.8) is 0 Å². The van der Waals surface area contributed by atoms with Gasteiger partial charge in [0, 0.05) is 25.6 Å². The summed E-state index contributed by atoms with van der Waals surface area (Å²) in [6.45, 7) is 3.82. The molecule has 33 heavy (non-hydrogen) atoms. The Morgan fingerprint density at radius 1 is 0.879 bits per heavy atom. The molecule has 0 bridgehead atoms. The van der Waals surface area contributed by atoms with Crippen molar-refractivity contribution in [1.82, 2.24) is 10.2 Å². The number of carbonyl (C=O) groups is 2. The van der Waals surface area contributed by atoms with E-state index >= 15 is 0 Å². The van der Waals surface area contributed by atoms with Crippen LogP contribution in [0.15, 0.2) is 84.9 Å². The minimum atomic E-state index is -0.209. The van der Waals surface area contributed by atoms with E-state index in [0.717, 1.165) is 18.4 Å². The Morgan fingerprint density at radius 2 is 1.58 bits per heavy atom. The summed E-state index contributed by atoms with van der Waals surface area (Å²) in [5.74, 6) is 0.0736. The van der Waals surface area contributed by atoms with Gasteiger partial charge in [-0.15, -0.1) is 0 Å². The summed E-state index contributed by atoms with van der Waals surface area (Å²) >= 11 is 0. The van der Waals surface area contributed by atoms with Crippen molar-refractivity contribution >= 4 is 11.8 Å². The van der Waals surface area contributed by atoms with E-state index in [0.29, 0.717) is 26.1 Å². The third-order valence-electron chi connectivity index (χ3n) is 6.44. The van der Waals surface area contributed by atoms with Crippen molar-refractivity contribution in [2.24, 2.45) is 5.92 Å². The number of nitrogens with one attached hydrogen (secondary N) is 1. The zero-order valence-corrected chi connectivity index (χ0v) is 19.2. The molecule has 2 atom stereocenters.